The van der Waals surface area contributed by atoms with E-state index in [0.717, 1.165) is 22.9 Å². The van der Waals surface area contributed by atoms with E-state index in [-0.39, 0.29) is 12.4 Å². The van der Waals surface area contributed by atoms with Crippen molar-refractivity contribution in [2.75, 3.05) is 24.7 Å². The van der Waals surface area contributed by atoms with Gasteiger partial charge in [-0.1, -0.05) is 12.1 Å². The maximum absolute atomic E-state index is 11.8. The van der Waals surface area contributed by atoms with Crippen LogP contribution in [0.5, 0.6) is 11.5 Å². The third-order valence-corrected chi connectivity index (χ3v) is 4.97. The summed E-state index contributed by atoms with van der Waals surface area (Å²) in [7, 11) is -1.83. The second-order valence-corrected chi connectivity index (χ2v) is 8.21. The molecule has 0 radical (unpaired) electrons. The van der Waals surface area contributed by atoms with Gasteiger partial charge in [-0.05, 0) is 43.2 Å². The van der Waals surface area contributed by atoms with E-state index in [9.17, 15) is 13.2 Å². The highest BCUT2D eigenvalue weighted by Crippen LogP contribution is 2.48. The predicted octanol–water partition coefficient (Wildman–Crippen LogP) is 3.51. The molecular formula is C20H23NO6S. The van der Waals surface area contributed by atoms with Gasteiger partial charge in [0.25, 0.3) is 0 Å². The van der Waals surface area contributed by atoms with Crippen molar-refractivity contribution in [1.82, 2.24) is 0 Å². The first-order valence-corrected chi connectivity index (χ1v) is 10.8. The highest BCUT2D eigenvalue weighted by Gasteiger charge is 2.29. The summed E-state index contributed by atoms with van der Waals surface area (Å²) >= 11 is 0. The lowest BCUT2D eigenvalue weighted by Gasteiger charge is -2.30. The fourth-order valence-electron chi connectivity index (χ4n) is 3.29. The van der Waals surface area contributed by atoms with Crippen LogP contribution < -0.4 is 14.2 Å². The SMILES string of the molecule is CCOC(=O)CCC1Oc2cccc(OC)c2-c2ccc(NS(C)(=O)=O)cc21. The van der Waals surface area contributed by atoms with E-state index < -0.39 is 16.1 Å². The number of carbonyl (C=O) groups excluding carboxylic acids is 1. The van der Waals surface area contributed by atoms with E-state index in [0.29, 0.717) is 30.2 Å². The molecule has 0 spiro atoms. The highest BCUT2D eigenvalue weighted by atomic mass is 32.2. The Balaban J connectivity index is 2.03. The van der Waals surface area contributed by atoms with Crippen LogP contribution in [0, 0.1) is 0 Å². The first-order chi connectivity index (χ1) is 13.3. The van der Waals surface area contributed by atoms with Crippen molar-refractivity contribution in [2.24, 2.45) is 0 Å². The summed E-state index contributed by atoms with van der Waals surface area (Å²) < 4.78 is 42.3. The lowest BCUT2D eigenvalue weighted by molar-refractivity contribution is -0.143. The molecule has 0 fully saturated rings. The normalized spacial score (nSPS) is 15.0. The number of hydrogen-bond donors (Lipinski definition) is 1. The van der Waals surface area contributed by atoms with Gasteiger partial charge in [-0.3, -0.25) is 9.52 Å². The van der Waals surface area contributed by atoms with Crippen LogP contribution in [0.4, 0.5) is 5.69 Å². The molecule has 1 N–H and O–H groups in total. The molecule has 0 aromatic heterocycles. The molecule has 2 aromatic rings. The molecule has 0 saturated heterocycles. The van der Waals surface area contributed by atoms with Crippen LogP contribution >= 0.6 is 0 Å². The van der Waals surface area contributed by atoms with Crippen LogP contribution in [0.2, 0.25) is 0 Å². The maximum Gasteiger partial charge on any atom is 0.305 e. The second kappa shape index (κ2) is 8.10. The summed E-state index contributed by atoms with van der Waals surface area (Å²) in [5, 5.41) is 0. The summed E-state index contributed by atoms with van der Waals surface area (Å²) in [5.74, 6) is 1.02. The van der Waals surface area contributed by atoms with E-state index in [1.165, 1.54) is 0 Å². The Kier molecular flexibility index (Phi) is 5.79. The fraction of sp³-hybridized carbons (Fsp3) is 0.350. The minimum absolute atomic E-state index is 0.195. The number of anilines is 1. The standard InChI is InChI=1S/C20H23NO6S/c1-4-26-19(22)11-10-16-15-12-13(21-28(3,23)24)8-9-14(15)20-17(25-2)6-5-7-18(20)27-16/h5-9,12,16,21H,4,10-11H2,1-3H3. The molecular weight excluding hydrogens is 382 g/mol. The molecule has 3 rings (SSSR count). The molecule has 1 aliphatic heterocycles. The third kappa shape index (κ3) is 4.39. The molecule has 1 unspecified atom stereocenters. The molecule has 1 aliphatic rings. The van der Waals surface area contributed by atoms with Crippen LogP contribution in [-0.4, -0.2) is 34.4 Å². The fourth-order valence-corrected chi connectivity index (χ4v) is 3.85. The average Bonchev–Trinajstić information content (AvgIpc) is 2.64. The summed E-state index contributed by atoms with van der Waals surface area (Å²) in [6, 6.07) is 10.8. The number of rotatable bonds is 7. The van der Waals surface area contributed by atoms with Crippen LogP contribution in [0.3, 0.4) is 0 Å². The third-order valence-electron chi connectivity index (χ3n) is 4.36. The summed E-state index contributed by atoms with van der Waals surface area (Å²) in [4.78, 5) is 11.8. The molecule has 1 heterocycles. The molecule has 150 valence electrons. The van der Waals surface area contributed by atoms with E-state index in [2.05, 4.69) is 4.72 Å². The Labute approximate surface area is 164 Å². The second-order valence-electron chi connectivity index (χ2n) is 6.46. The molecule has 2 aromatic carbocycles. The van der Waals surface area contributed by atoms with Gasteiger partial charge in [0.05, 0.1) is 25.5 Å². The number of hydrogen-bond acceptors (Lipinski definition) is 6. The van der Waals surface area contributed by atoms with E-state index >= 15 is 0 Å². The average molecular weight is 405 g/mol. The number of fused-ring (bicyclic) bond motifs is 3. The molecule has 0 bridgehead atoms. The lowest BCUT2D eigenvalue weighted by atomic mass is 9.90. The Hall–Kier alpha value is -2.74. The van der Waals surface area contributed by atoms with Gasteiger partial charge < -0.3 is 14.2 Å². The number of nitrogens with one attached hydrogen (secondary N) is 1. The van der Waals surface area contributed by atoms with Gasteiger partial charge in [0, 0.05) is 17.7 Å². The smallest absolute Gasteiger partial charge is 0.305 e. The number of benzene rings is 2. The number of ether oxygens (including phenoxy) is 3. The van der Waals surface area contributed by atoms with Crippen molar-refractivity contribution in [3.05, 3.63) is 42.0 Å². The van der Waals surface area contributed by atoms with Crippen molar-refractivity contribution in [3.63, 3.8) is 0 Å². The first-order valence-electron chi connectivity index (χ1n) is 8.93. The van der Waals surface area contributed by atoms with Gasteiger partial charge in [-0.25, -0.2) is 8.42 Å². The number of methoxy groups -OCH3 is 1. The van der Waals surface area contributed by atoms with Crippen LogP contribution in [0.1, 0.15) is 31.4 Å². The van der Waals surface area contributed by atoms with Crippen molar-refractivity contribution in [3.8, 4) is 22.6 Å². The molecule has 8 heteroatoms. The van der Waals surface area contributed by atoms with Gasteiger partial charge in [0.15, 0.2) is 0 Å². The minimum Gasteiger partial charge on any atom is -0.496 e. The van der Waals surface area contributed by atoms with Crippen LogP contribution in [0.25, 0.3) is 11.1 Å². The monoisotopic (exact) mass is 405 g/mol. The Morgan fingerprint density at radius 1 is 1.25 bits per heavy atom. The van der Waals surface area contributed by atoms with Crippen molar-refractivity contribution < 1.29 is 27.4 Å². The zero-order valence-electron chi connectivity index (χ0n) is 16.0. The number of sulfonamides is 1. The van der Waals surface area contributed by atoms with Crippen LogP contribution in [0.15, 0.2) is 36.4 Å². The van der Waals surface area contributed by atoms with Gasteiger partial charge in [-0.15, -0.1) is 0 Å². The van der Waals surface area contributed by atoms with Gasteiger partial charge in [0.1, 0.15) is 17.6 Å². The van der Waals surface area contributed by atoms with E-state index in [1.54, 1.807) is 26.2 Å². The predicted molar refractivity (Wildman–Crippen MR) is 106 cm³/mol. The first kappa shape index (κ1) is 20.0. The lowest BCUT2D eigenvalue weighted by Crippen LogP contribution is -2.18. The summed E-state index contributed by atoms with van der Waals surface area (Å²) in [6.45, 7) is 2.08. The van der Waals surface area contributed by atoms with Crippen molar-refractivity contribution >= 4 is 21.7 Å². The zero-order chi connectivity index (χ0) is 20.3. The molecule has 28 heavy (non-hydrogen) atoms. The molecule has 1 atom stereocenters. The minimum atomic E-state index is -3.42. The molecule has 0 saturated carbocycles. The van der Waals surface area contributed by atoms with E-state index in [1.807, 2.05) is 24.3 Å². The van der Waals surface area contributed by atoms with Crippen molar-refractivity contribution in [1.29, 1.82) is 0 Å². The maximum atomic E-state index is 11.8. The van der Waals surface area contributed by atoms with E-state index in [4.69, 9.17) is 14.2 Å². The largest absolute Gasteiger partial charge is 0.496 e. The summed E-state index contributed by atoms with van der Waals surface area (Å²) in [5.41, 5.74) is 2.91. The Morgan fingerprint density at radius 3 is 2.71 bits per heavy atom. The van der Waals surface area contributed by atoms with Crippen LogP contribution in [-0.2, 0) is 19.6 Å². The number of carbonyl (C=O) groups is 1. The topological polar surface area (TPSA) is 90.9 Å². The molecule has 0 amide bonds. The Bertz CT molecular complexity index is 986. The van der Waals surface area contributed by atoms with Gasteiger partial charge in [0.2, 0.25) is 10.0 Å². The number of esters is 1. The molecule has 7 nitrogen and oxygen atoms in total. The molecule has 0 aliphatic carbocycles. The zero-order valence-corrected chi connectivity index (χ0v) is 16.8. The highest BCUT2D eigenvalue weighted by molar-refractivity contribution is 7.92. The Morgan fingerprint density at radius 2 is 2.04 bits per heavy atom. The van der Waals surface area contributed by atoms with Gasteiger partial charge in [-0.2, -0.15) is 0 Å². The van der Waals surface area contributed by atoms with Crippen molar-refractivity contribution in [2.45, 2.75) is 25.9 Å². The quantitative estimate of drug-likeness (QED) is 0.709. The summed E-state index contributed by atoms with van der Waals surface area (Å²) in [6.07, 6.45) is 1.28. The van der Waals surface area contributed by atoms with Gasteiger partial charge >= 0.3 is 5.97 Å².